The molecule has 0 fully saturated rings. The fraction of sp³-hybridized carbons (Fsp3) is 0.0968. The van der Waals surface area contributed by atoms with Gasteiger partial charge in [0.1, 0.15) is 4.90 Å². The van der Waals surface area contributed by atoms with Crippen molar-refractivity contribution >= 4 is 61.4 Å². The molecule has 1 heterocycles. The third kappa shape index (κ3) is 6.31. The maximum absolute atomic E-state index is 13.7. The number of fused-ring (bicyclic) bond motifs is 1. The molecular weight excluding hydrogens is 613 g/mol. The Morgan fingerprint density at radius 1 is 0.791 bits per heavy atom. The van der Waals surface area contributed by atoms with Crippen molar-refractivity contribution in [1.29, 1.82) is 0 Å². The predicted molar refractivity (Wildman–Crippen MR) is 169 cm³/mol. The van der Waals surface area contributed by atoms with Crippen LogP contribution in [0.15, 0.2) is 89.8 Å². The molecule has 0 saturated carbocycles. The molecule has 0 saturated heterocycles. The molecular formula is C31H25Cl2N3O6S. The molecule has 0 radical (unpaired) electrons. The van der Waals surface area contributed by atoms with E-state index in [1.165, 1.54) is 45.6 Å². The first-order valence-corrected chi connectivity index (χ1v) is 15.0. The highest BCUT2D eigenvalue weighted by Gasteiger charge is 2.22. The molecule has 2 N–H and O–H groups in total. The van der Waals surface area contributed by atoms with E-state index in [0.717, 1.165) is 0 Å². The van der Waals surface area contributed by atoms with Crippen LogP contribution in [-0.4, -0.2) is 40.6 Å². The quantitative estimate of drug-likeness (QED) is 0.174. The number of methoxy groups -OCH3 is 3. The topological polar surface area (TPSA) is 116 Å². The first-order chi connectivity index (χ1) is 20.6. The summed E-state index contributed by atoms with van der Waals surface area (Å²) in [6.45, 7) is 0. The van der Waals surface area contributed by atoms with E-state index < -0.39 is 15.9 Å². The van der Waals surface area contributed by atoms with E-state index in [-0.39, 0.29) is 21.3 Å². The second kappa shape index (κ2) is 12.4. The molecule has 0 aliphatic heterocycles. The number of carbonyl (C=O) groups is 1. The van der Waals surface area contributed by atoms with E-state index in [0.29, 0.717) is 50.0 Å². The lowest BCUT2D eigenvalue weighted by Crippen LogP contribution is -2.16. The van der Waals surface area contributed by atoms with Crippen molar-refractivity contribution in [3.8, 4) is 28.5 Å². The summed E-state index contributed by atoms with van der Waals surface area (Å²) in [7, 11) is 0.421. The van der Waals surface area contributed by atoms with Gasteiger partial charge in [-0.3, -0.25) is 9.52 Å². The van der Waals surface area contributed by atoms with E-state index in [1.54, 1.807) is 54.6 Å². The molecule has 0 aliphatic rings. The lowest BCUT2D eigenvalue weighted by atomic mass is 10.0. The summed E-state index contributed by atoms with van der Waals surface area (Å²) in [5.41, 5.74) is 2.47. The molecule has 0 bridgehead atoms. The molecule has 220 valence electrons. The Morgan fingerprint density at radius 2 is 1.51 bits per heavy atom. The standard InChI is InChI=1S/C31H25Cl2N3O6S/c1-40-27-13-18(14-28(41-2)30(27)42-3)26-17-23(22-9-4-5-10-25(22)35-26)31(37)34-20-11-12-24(33)29(16-20)43(38,39)36-21-8-6-7-19(32)15-21/h4-17,36H,1-3H3,(H,34,37). The van der Waals surface area contributed by atoms with Gasteiger partial charge in [0, 0.05) is 21.7 Å². The molecule has 12 heteroatoms. The van der Waals surface area contributed by atoms with E-state index in [9.17, 15) is 13.2 Å². The Morgan fingerprint density at radius 3 is 2.19 bits per heavy atom. The number of benzene rings is 4. The zero-order valence-corrected chi connectivity index (χ0v) is 25.5. The summed E-state index contributed by atoms with van der Waals surface area (Å²) in [4.78, 5) is 18.3. The first kappa shape index (κ1) is 30.0. The SMILES string of the molecule is COc1cc(-c2cc(C(=O)Nc3ccc(Cl)c(S(=O)(=O)Nc4cccc(Cl)c4)c3)c3ccccc3n2)cc(OC)c1OC. The van der Waals surface area contributed by atoms with Gasteiger partial charge < -0.3 is 19.5 Å². The number of hydrogen-bond donors (Lipinski definition) is 2. The normalized spacial score (nSPS) is 11.2. The number of carbonyl (C=O) groups excluding carboxylic acids is 1. The zero-order valence-electron chi connectivity index (χ0n) is 23.1. The molecule has 5 aromatic rings. The monoisotopic (exact) mass is 637 g/mol. The maximum atomic E-state index is 13.7. The Balaban J connectivity index is 1.53. The molecule has 0 aliphatic carbocycles. The Kier molecular flexibility index (Phi) is 8.63. The smallest absolute Gasteiger partial charge is 0.263 e. The van der Waals surface area contributed by atoms with Crippen LogP contribution in [0.1, 0.15) is 10.4 Å². The van der Waals surface area contributed by atoms with Gasteiger partial charge in [-0.2, -0.15) is 0 Å². The van der Waals surface area contributed by atoms with Gasteiger partial charge in [0.15, 0.2) is 11.5 Å². The average Bonchev–Trinajstić information content (AvgIpc) is 3.00. The number of para-hydroxylation sites is 1. The molecule has 5 rings (SSSR count). The Bertz CT molecular complexity index is 1940. The Hall–Kier alpha value is -4.51. The highest BCUT2D eigenvalue weighted by molar-refractivity contribution is 7.92. The zero-order chi connectivity index (χ0) is 30.7. The largest absolute Gasteiger partial charge is 0.493 e. The van der Waals surface area contributed by atoms with Crippen molar-refractivity contribution in [1.82, 2.24) is 4.98 Å². The van der Waals surface area contributed by atoms with Crippen LogP contribution in [0.5, 0.6) is 17.2 Å². The summed E-state index contributed by atoms with van der Waals surface area (Å²) in [5, 5.41) is 3.74. The molecule has 9 nitrogen and oxygen atoms in total. The van der Waals surface area contributed by atoms with Crippen LogP contribution in [0.2, 0.25) is 10.0 Å². The molecule has 0 spiro atoms. The van der Waals surface area contributed by atoms with Crippen LogP contribution in [0.25, 0.3) is 22.2 Å². The number of hydrogen-bond acceptors (Lipinski definition) is 7. The summed E-state index contributed by atoms with van der Waals surface area (Å²) < 4.78 is 45.2. The van der Waals surface area contributed by atoms with Crippen LogP contribution in [-0.2, 0) is 10.0 Å². The van der Waals surface area contributed by atoms with Crippen molar-refractivity contribution in [2.45, 2.75) is 4.90 Å². The summed E-state index contributed by atoms with van der Waals surface area (Å²) in [6, 6.07) is 22.8. The van der Waals surface area contributed by atoms with Gasteiger partial charge in [0.25, 0.3) is 15.9 Å². The second-order valence-electron chi connectivity index (χ2n) is 9.20. The number of nitrogens with zero attached hydrogens (tertiary/aromatic N) is 1. The van der Waals surface area contributed by atoms with Crippen molar-refractivity contribution in [2.24, 2.45) is 0 Å². The molecule has 0 atom stereocenters. The summed E-state index contributed by atoms with van der Waals surface area (Å²) in [5.74, 6) is 0.796. The van der Waals surface area contributed by atoms with E-state index in [4.69, 9.17) is 42.4 Å². The number of rotatable bonds is 9. The first-order valence-electron chi connectivity index (χ1n) is 12.7. The van der Waals surface area contributed by atoms with Crippen molar-refractivity contribution in [2.75, 3.05) is 31.4 Å². The molecule has 43 heavy (non-hydrogen) atoms. The number of sulfonamides is 1. The number of aromatic nitrogens is 1. The lowest BCUT2D eigenvalue weighted by molar-refractivity contribution is 0.102. The van der Waals surface area contributed by atoms with Gasteiger partial charge in [0.2, 0.25) is 5.75 Å². The summed E-state index contributed by atoms with van der Waals surface area (Å²) >= 11 is 12.3. The fourth-order valence-corrected chi connectivity index (χ4v) is 6.25. The number of nitrogens with one attached hydrogen (secondary N) is 2. The summed E-state index contributed by atoms with van der Waals surface area (Å²) in [6.07, 6.45) is 0. The number of halogens is 2. The minimum Gasteiger partial charge on any atom is -0.493 e. The minimum absolute atomic E-state index is 0.0217. The van der Waals surface area contributed by atoms with E-state index in [1.807, 2.05) is 6.07 Å². The van der Waals surface area contributed by atoms with E-state index >= 15 is 0 Å². The van der Waals surface area contributed by atoms with Crippen LogP contribution in [0.3, 0.4) is 0 Å². The number of amides is 1. The molecule has 1 amide bonds. The number of pyridine rings is 1. The average molecular weight is 639 g/mol. The van der Waals surface area contributed by atoms with Crippen molar-refractivity contribution in [3.63, 3.8) is 0 Å². The van der Waals surface area contributed by atoms with Gasteiger partial charge >= 0.3 is 0 Å². The van der Waals surface area contributed by atoms with E-state index in [2.05, 4.69) is 10.0 Å². The third-order valence-corrected chi connectivity index (χ3v) is 8.57. The van der Waals surface area contributed by atoms with Crippen LogP contribution in [0, 0.1) is 0 Å². The second-order valence-corrected chi connectivity index (χ2v) is 11.7. The van der Waals surface area contributed by atoms with Crippen LogP contribution < -0.4 is 24.2 Å². The van der Waals surface area contributed by atoms with Crippen LogP contribution in [0.4, 0.5) is 11.4 Å². The minimum atomic E-state index is -4.12. The number of ether oxygens (including phenoxy) is 3. The molecule has 4 aromatic carbocycles. The molecule has 0 unspecified atom stereocenters. The van der Waals surface area contributed by atoms with Gasteiger partial charge in [-0.05, 0) is 60.7 Å². The van der Waals surface area contributed by atoms with Gasteiger partial charge in [-0.25, -0.2) is 13.4 Å². The van der Waals surface area contributed by atoms with Crippen molar-refractivity contribution < 1.29 is 27.4 Å². The van der Waals surface area contributed by atoms with Gasteiger partial charge in [-0.1, -0.05) is 47.5 Å². The maximum Gasteiger partial charge on any atom is 0.263 e. The third-order valence-electron chi connectivity index (χ3n) is 6.48. The highest BCUT2D eigenvalue weighted by atomic mass is 35.5. The van der Waals surface area contributed by atoms with Gasteiger partial charge in [-0.15, -0.1) is 0 Å². The molecule has 1 aromatic heterocycles. The van der Waals surface area contributed by atoms with Crippen molar-refractivity contribution in [3.05, 3.63) is 101 Å². The predicted octanol–water partition coefficient (Wildman–Crippen LogP) is 7.29. The number of anilines is 2. The Labute approximate surface area is 258 Å². The lowest BCUT2D eigenvalue weighted by Gasteiger charge is -2.15. The fourth-order valence-electron chi connectivity index (χ4n) is 4.49. The van der Waals surface area contributed by atoms with Crippen LogP contribution >= 0.6 is 23.2 Å². The highest BCUT2D eigenvalue weighted by Crippen LogP contribution is 2.41. The van der Waals surface area contributed by atoms with Gasteiger partial charge in [0.05, 0.1) is 48.8 Å².